The number of aromatic amines is 1. The Bertz CT molecular complexity index is 520. The van der Waals surface area contributed by atoms with Gasteiger partial charge in [-0.15, -0.1) is 0 Å². The highest BCUT2D eigenvalue weighted by molar-refractivity contribution is 5.80. The summed E-state index contributed by atoms with van der Waals surface area (Å²) in [5.74, 6) is 0.354. The fourth-order valence-electron chi connectivity index (χ4n) is 1.67. The fourth-order valence-corrected chi connectivity index (χ4v) is 1.67. The maximum atomic E-state index is 8.77. The Morgan fingerprint density at radius 2 is 2.00 bits per heavy atom. The Hall–Kier alpha value is -1.81. The second-order valence-corrected chi connectivity index (χ2v) is 4.10. The van der Waals surface area contributed by atoms with Crippen LogP contribution in [0.2, 0.25) is 0 Å². The highest BCUT2D eigenvalue weighted by atomic mass is 16.3. The van der Waals surface area contributed by atoms with E-state index in [0.29, 0.717) is 23.4 Å². The number of hydrogen-bond acceptors (Lipinski definition) is 8. The van der Waals surface area contributed by atoms with Crippen LogP contribution < -0.4 is 5.73 Å². The molecule has 3 rings (SSSR count). The van der Waals surface area contributed by atoms with Crippen molar-refractivity contribution in [2.24, 2.45) is 5.92 Å². The van der Waals surface area contributed by atoms with Crippen LogP contribution in [-0.2, 0) is 0 Å². The van der Waals surface area contributed by atoms with Gasteiger partial charge in [0.05, 0.1) is 18.5 Å². The second kappa shape index (κ2) is 7.70. The summed E-state index contributed by atoms with van der Waals surface area (Å²) >= 11 is 0. The van der Waals surface area contributed by atoms with Gasteiger partial charge >= 0.3 is 0 Å². The third-order valence-corrected chi connectivity index (χ3v) is 2.91. The molecule has 3 atom stereocenters. The lowest BCUT2D eigenvalue weighted by atomic mass is 9.80. The molecule has 0 amide bonds. The van der Waals surface area contributed by atoms with Crippen molar-refractivity contribution in [1.29, 1.82) is 0 Å². The van der Waals surface area contributed by atoms with Gasteiger partial charge in [-0.05, 0) is 6.42 Å². The van der Waals surface area contributed by atoms with Crippen LogP contribution in [0.15, 0.2) is 12.7 Å². The predicted molar refractivity (Wildman–Crippen MR) is 71.4 cm³/mol. The normalized spacial score (nSPS) is 23.9. The minimum Gasteiger partial charge on any atom is -0.400 e. The lowest BCUT2D eigenvalue weighted by Gasteiger charge is -2.36. The van der Waals surface area contributed by atoms with Crippen molar-refractivity contribution in [2.45, 2.75) is 18.6 Å². The van der Waals surface area contributed by atoms with Gasteiger partial charge in [-0.3, -0.25) is 0 Å². The summed E-state index contributed by atoms with van der Waals surface area (Å²) in [6.07, 6.45) is 2.19. The number of hydrogen-bond donors (Lipinski definition) is 6. The molecule has 2 aromatic heterocycles. The molecule has 0 aromatic carbocycles. The third kappa shape index (κ3) is 3.61. The molecule has 0 radical (unpaired) electrons. The number of nitrogens with two attached hydrogens (primary N) is 1. The molecule has 2 heterocycles. The third-order valence-electron chi connectivity index (χ3n) is 2.91. The van der Waals surface area contributed by atoms with Gasteiger partial charge in [0.15, 0.2) is 11.5 Å². The largest absolute Gasteiger partial charge is 0.400 e. The van der Waals surface area contributed by atoms with Gasteiger partial charge < -0.3 is 31.1 Å². The average Bonchev–Trinajstić information content (AvgIpc) is 2.97. The molecule has 7 N–H and O–H groups in total. The van der Waals surface area contributed by atoms with Gasteiger partial charge in [0.25, 0.3) is 0 Å². The first kappa shape index (κ1) is 16.2. The number of nitrogens with one attached hydrogen (secondary N) is 1. The number of aliphatic hydroxyl groups is 4. The monoisotopic (exact) mass is 285 g/mol. The van der Waals surface area contributed by atoms with Crippen molar-refractivity contribution in [3.8, 4) is 0 Å². The molecule has 1 fully saturated rings. The van der Waals surface area contributed by atoms with Crippen LogP contribution in [0.25, 0.3) is 11.2 Å². The van der Waals surface area contributed by atoms with Crippen LogP contribution in [0.1, 0.15) is 6.42 Å². The van der Waals surface area contributed by atoms with Crippen molar-refractivity contribution >= 4 is 17.0 Å². The summed E-state index contributed by atoms with van der Waals surface area (Å²) in [6, 6.07) is 0. The fraction of sp³-hybridized carbons (Fsp3) is 0.545. The van der Waals surface area contributed by atoms with E-state index in [4.69, 9.17) is 26.2 Å². The van der Waals surface area contributed by atoms with Crippen LogP contribution in [0, 0.1) is 5.92 Å². The molecule has 0 saturated heterocycles. The number of nitrogens with zero attached hydrogens (tertiary/aromatic N) is 3. The highest BCUT2D eigenvalue weighted by Gasteiger charge is 2.37. The Kier molecular flexibility index (Phi) is 6.25. The first-order valence-electron chi connectivity index (χ1n) is 5.94. The van der Waals surface area contributed by atoms with Crippen molar-refractivity contribution in [3.05, 3.63) is 12.7 Å². The van der Waals surface area contributed by atoms with E-state index in [1.165, 1.54) is 12.7 Å². The van der Waals surface area contributed by atoms with E-state index in [2.05, 4.69) is 19.9 Å². The Morgan fingerprint density at radius 1 is 1.30 bits per heavy atom. The second-order valence-electron chi connectivity index (χ2n) is 4.10. The molecule has 0 spiro atoms. The van der Waals surface area contributed by atoms with Crippen molar-refractivity contribution < 1.29 is 20.4 Å². The van der Waals surface area contributed by atoms with Gasteiger partial charge in [-0.2, -0.15) is 0 Å². The van der Waals surface area contributed by atoms with E-state index in [1.54, 1.807) is 0 Å². The van der Waals surface area contributed by atoms with Gasteiger partial charge in [-0.25, -0.2) is 15.0 Å². The lowest BCUT2D eigenvalue weighted by Crippen LogP contribution is -2.47. The molecule has 2 unspecified atom stereocenters. The molecular weight excluding hydrogens is 266 g/mol. The van der Waals surface area contributed by atoms with Crippen molar-refractivity contribution in [1.82, 2.24) is 19.9 Å². The molecule has 0 aliphatic heterocycles. The Labute approximate surface area is 115 Å². The zero-order valence-electron chi connectivity index (χ0n) is 11.0. The topological polar surface area (TPSA) is 161 Å². The molecule has 0 bridgehead atoms. The van der Waals surface area contributed by atoms with Gasteiger partial charge in [0.2, 0.25) is 0 Å². The first-order chi connectivity index (χ1) is 9.63. The van der Waals surface area contributed by atoms with Gasteiger partial charge in [0.1, 0.15) is 11.8 Å². The summed E-state index contributed by atoms with van der Waals surface area (Å²) in [5, 5.41) is 32.8. The average molecular weight is 285 g/mol. The quantitative estimate of drug-likeness (QED) is 0.360. The minimum absolute atomic E-state index is 0.0156. The Morgan fingerprint density at radius 3 is 2.45 bits per heavy atom. The summed E-state index contributed by atoms with van der Waals surface area (Å²) in [6.45, 7) is -0.0156. The van der Waals surface area contributed by atoms with E-state index < -0.39 is 12.2 Å². The number of fused-ring (bicyclic) bond motifs is 1. The predicted octanol–water partition coefficient (Wildman–Crippen LogP) is -1.74. The number of rotatable bonds is 1. The SMILES string of the molecule is CO.Nc1ncnc2nc[nH]c12.OCC1CC(O)[C@H]1O. The standard InChI is InChI=1S/C5H5N5.C5H10O3.CH4O/c6-4-3-5(9-1-7-3)10-2-8-4;6-2-3-1-4(7)5(3)8;1-2/h1-2H,(H3,6,7,8,9,10);3-8H,1-2H2;2H,1H3/t;3?,4?,5-;/m.0./s1. The molecular formula is C11H19N5O4. The molecule has 9 heteroatoms. The van der Waals surface area contributed by atoms with E-state index in [9.17, 15) is 0 Å². The number of imidazole rings is 1. The van der Waals surface area contributed by atoms with Gasteiger partial charge in [-0.1, -0.05) is 0 Å². The van der Waals surface area contributed by atoms with Crippen LogP contribution in [0.4, 0.5) is 5.82 Å². The summed E-state index contributed by atoms with van der Waals surface area (Å²) in [4.78, 5) is 14.4. The number of aromatic nitrogens is 4. The van der Waals surface area contributed by atoms with Crippen LogP contribution in [-0.4, -0.2) is 66.3 Å². The minimum atomic E-state index is -0.681. The van der Waals surface area contributed by atoms with Crippen molar-refractivity contribution in [2.75, 3.05) is 19.5 Å². The van der Waals surface area contributed by atoms with E-state index >= 15 is 0 Å². The zero-order chi connectivity index (χ0) is 15.1. The maximum Gasteiger partial charge on any atom is 0.182 e. The van der Waals surface area contributed by atoms with Crippen LogP contribution in [0.5, 0.6) is 0 Å². The maximum absolute atomic E-state index is 8.77. The molecule has 1 saturated carbocycles. The highest BCUT2D eigenvalue weighted by Crippen LogP contribution is 2.26. The summed E-state index contributed by atoms with van der Waals surface area (Å²) in [5.41, 5.74) is 6.78. The molecule has 9 nitrogen and oxygen atoms in total. The Balaban J connectivity index is 0.000000182. The molecule has 1 aliphatic rings. The number of H-pyrrole nitrogens is 1. The molecule has 20 heavy (non-hydrogen) atoms. The van der Waals surface area contributed by atoms with Crippen molar-refractivity contribution in [3.63, 3.8) is 0 Å². The molecule has 1 aliphatic carbocycles. The van der Waals surface area contributed by atoms with Gasteiger partial charge in [0, 0.05) is 19.6 Å². The lowest BCUT2D eigenvalue weighted by molar-refractivity contribution is -0.116. The number of anilines is 1. The molecule has 112 valence electrons. The number of aliphatic hydroxyl groups excluding tert-OH is 4. The smallest absolute Gasteiger partial charge is 0.182 e. The van der Waals surface area contributed by atoms with Crippen LogP contribution in [0.3, 0.4) is 0 Å². The van der Waals surface area contributed by atoms with E-state index in [1.807, 2.05) is 0 Å². The van der Waals surface area contributed by atoms with E-state index in [-0.39, 0.29) is 12.5 Å². The number of nitrogen functional groups attached to an aromatic ring is 1. The van der Waals surface area contributed by atoms with Crippen LogP contribution >= 0.6 is 0 Å². The first-order valence-corrected chi connectivity index (χ1v) is 5.94. The summed E-state index contributed by atoms with van der Waals surface area (Å²) in [7, 11) is 1.00. The zero-order valence-corrected chi connectivity index (χ0v) is 11.0. The summed E-state index contributed by atoms with van der Waals surface area (Å²) < 4.78 is 0. The molecule has 2 aromatic rings. The van der Waals surface area contributed by atoms with E-state index in [0.717, 1.165) is 7.11 Å².